The van der Waals surface area contributed by atoms with Crippen molar-refractivity contribution in [3.63, 3.8) is 0 Å². The van der Waals surface area contributed by atoms with Crippen molar-refractivity contribution in [2.24, 2.45) is 5.92 Å². The number of carbonyl (C=O) groups excluding carboxylic acids is 1. The summed E-state index contributed by atoms with van der Waals surface area (Å²) in [5.74, 6) is 0.689. The molecule has 0 aromatic heterocycles. The number of ketones is 1. The van der Waals surface area contributed by atoms with Crippen molar-refractivity contribution in [3.8, 4) is 0 Å². The fourth-order valence-electron chi connectivity index (χ4n) is 4.23. The maximum atomic E-state index is 12.9. The Morgan fingerprint density at radius 2 is 1.95 bits per heavy atom. The third-order valence-electron chi connectivity index (χ3n) is 5.59. The molecule has 1 spiro atoms. The molecule has 2 atom stereocenters. The van der Waals surface area contributed by atoms with Gasteiger partial charge in [0.2, 0.25) is 0 Å². The van der Waals surface area contributed by atoms with E-state index in [1.54, 1.807) is 0 Å². The zero-order valence-corrected chi connectivity index (χ0v) is 12.9. The molecular formula is C16H28N2O2. The summed E-state index contributed by atoms with van der Waals surface area (Å²) in [7, 11) is 4.22. The highest BCUT2D eigenvalue weighted by atomic mass is 16.5. The number of hydrogen-bond acceptors (Lipinski definition) is 4. The smallest absolute Gasteiger partial charge is 0.154 e. The Bertz CT molecular complexity index is 365. The van der Waals surface area contributed by atoms with Gasteiger partial charge in [-0.05, 0) is 39.8 Å². The standard InChI is InChI=1S/C16H28N2O2/c1-17-8-9-18(2)14(12-17)15(19)13-5-10-20-16(11-13)6-3-4-7-16/h13-14H,3-12H2,1-2H3. The monoisotopic (exact) mass is 280 g/mol. The second-order valence-corrected chi connectivity index (χ2v) is 7.09. The highest BCUT2D eigenvalue weighted by Crippen LogP contribution is 2.42. The van der Waals surface area contributed by atoms with E-state index in [1.165, 1.54) is 12.8 Å². The predicted octanol–water partition coefficient (Wildman–Crippen LogP) is 1.54. The van der Waals surface area contributed by atoms with Crippen LogP contribution in [0, 0.1) is 5.92 Å². The molecule has 20 heavy (non-hydrogen) atoms. The third-order valence-corrected chi connectivity index (χ3v) is 5.59. The van der Waals surface area contributed by atoms with Gasteiger partial charge in [0.1, 0.15) is 0 Å². The van der Waals surface area contributed by atoms with Crippen LogP contribution in [0.2, 0.25) is 0 Å². The highest BCUT2D eigenvalue weighted by Gasteiger charge is 2.44. The van der Waals surface area contributed by atoms with E-state index in [0.717, 1.165) is 51.9 Å². The molecule has 0 bridgehead atoms. The van der Waals surface area contributed by atoms with Crippen LogP contribution in [-0.4, -0.2) is 67.6 Å². The van der Waals surface area contributed by atoms with Crippen LogP contribution in [0.3, 0.4) is 0 Å². The normalized spacial score (nSPS) is 35.5. The molecule has 2 aliphatic heterocycles. The first-order valence-corrected chi connectivity index (χ1v) is 8.16. The van der Waals surface area contributed by atoms with Crippen LogP contribution < -0.4 is 0 Å². The fourth-order valence-corrected chi connectivity index (χ4v) is 4.23. The van der Waals surface area contributed by atoms with Gasteiger partial charge < -0.3 is 9.64 Å². The van der Waals surface area contributed by atoms with Crippen LogP contribution in [0.25, 0.3) is 0 Å². The van der Waals surface area contributed by atoms with Crippen molar-refractivity contribution >= 4 is 5.78 Å². The molecule has 2 heterocycles. The lowest BCUT2D eigenvalue weighted by atomic mass is 9.80. The van der Waals surface area contributed by atoms with Gasteiger partial charge in [0.15, 0.2) is 5.78 Å². The molecule has 2 saturated heterocycles. The Balaban J connectivity index is 1.66. The Morgan fingerprint density at radius 3 is 2.70 bits per heavy atom. The first-order chi connectivity index (χ1) is 9.60. The maximum absolute atomic E-state index is 12.9. The van der Waals surface area contributed by atoms with Gasteiger partial charge in [0, 0.05) is 32.2 Å². The predicted molar refractivity (Wildman–Crippen MR) is 78.8 cm³/mol. The van der Waals surface area contributed by atoms with Crippen molar-refractivity contribution < 1.29 is 9.53 Å². The van der Waals surface area contributed by atoms with E-state index >= 15 is 0 Å². The molecule has 0 aromatic rings. The second-order valence-electron chi connectivity index (χ2n) is 7.09. The molecular weight excluding hydrogens is 252 g/mol. The summed E-state index contributed by atoms with van der Waals surface area (Å²) in [4.78, 5) is 17.5. The summed E-state index contributed by atoms with van der Waals surface area (Å²) in [6, 6.07) is 0.0929. The minimum atomic E-state index is 0.0533. The molecule has 3 aliphatic rings. The molecule has 0 radical (unpaired) electrons. The molecule has 1 aliphatic carbocycles. The molecule has 0 amide bonds. The summed E-state index contributed by atoms with van der Waals surface area (Å²) >= 11 is 0. The molecule has 2 unspecified atom stereocenters. The van der Waals surface area contributed by atoms with Crippen molar-refractivity contribution in [2.75, 3.05) is 40.3 Å². The Hall–Kier alpha value is -0.450. The number of nitrogens with zero attached hydrogens (tertiary/aromatic N) is 2. The molecule has 4 heteroatoms. The highest BCUT2D eigenvalue weighted by molar-refractivity contribution is 5.86. The molecule has 114 valence electrons. The molecule has 3 fully saturated rings. The van der Waals surface area contributed by atoms with Gasteiger partial charge in [0.05, 0.1) is 11.6 Å². The number of piperazine rings is 1. The van der Waals surface area contributed by atoms with Crippen LogP contribution in [0.1, 0.15) is 38.5 Å². The fraction of sp³-hybridized carbons (Fsp3) is 0.938. The van der Waals surface area contributed by atoms with E-state index in [1.807, 2.05) is 0 Å². The van der Waals surface area contributed by atoms with Gasteiger partial charge in [-0.2, -0.15) is 0 Å². The number of Topliss-reactive ketones (excluding diaryl/α,β-unsaturated/α-hetero) is 1. The number of likely N-dealkylation sites (N-methyl/N-ethyl adjacent to an activating group) is 2. The lowest BCUT2D eigenvalue weighted by Crippen LogP contribution is -2.56. The van der Waals surface area contributed by atoms with Crippen LogP contribution in [0.4, 0.5) is 0 Å². The SMILES string of the molecule is CN1CCN(C)C(C(=O)C2CCOC3(CCCC3)C2)C1. The van der Waals surface area contributed by atoms with Gasteiger partial charge in [-0.25, -0.2) is 0 Å². The summed E-state index contributed by atoms with van der Waals surface area (Å²) in [5.41, 5.74) is 0.0533. The number of hydrogen-bond donors (Lipinski definition) is 0. The van der Waals surface area contributed by atoms with Crippen molar-refractivity contribution in [3.05, 3.63) is 0 Å². The molecule has 0 N–H and O–H groups in total. The summed E-state index contributed by atoms with van der Waals surface area (Å²) in [5, 5.41) is 0. The quantitative estimate of drug-likeness (QED) is 0.768. The average molecular weight is 280 g/mol. The van der Waals surface area contributed by atoms with Crippen molar-refractivity contribution in [1.29, 1.82) is 0 Å². The lowest BCUT2D eigenvalue weighted by molar-refractivity contribution is -0.142. The summed E-state index contributed by atoms with van der Waals surface area (Å²) < 4.78 is 6.07. The summed E-state index contributed by atoms with van der Waals surface area (Å²) in [6.45, 7) is 3.74. The molecule has 4 nitrogen and oxygen atoms in total. The van der Waals surface area contributed by atoms with Crippen LogP contribution in [0.5, 0.6) is 0 Å². The summed E-state index contributed by atoms with van der Waals surface area (Å²) in [6.07, 6.45) is 6.77. The second kappa shape index (κ2) is 5.74. The molecule has 3 rings (SSSR count). The lowest BCUT2D eigenvalue weighted by Gasteiger charge is -2.42. The molecule has 1 saturated carbocycles. The van der Waals surface area contributed by atoms with Crippen LogP contribution >= 0.6 is 0 Å². The van der Waals surface area contributed by atoms with E-state index in [9.17, 15) is 4.79 Å². The third kappa shape index (κ3) is 2.78. The van der Waals surface area contributed by atoms with Gasteiger partial charge >= 0.3 is 0 Å². The van der Waals surface area contributed by atoms with E-state index in [0.29, 0.717) is 5.78 Å². The topological polar surface area (TPSA) is 32.8 Å². The van der Waals surface area contributed by atoms with Gasteiger partial charge in [-0.3, -0.25) is 9.69 Å². The number of rotatable bonds is 2. The largest absolute Gasteiger partial charge is 0.375 e. The minimum absolute atomic E-state index is 0.0533. The van der Waals surface area contributed by atoms with Crippen LogP contribution in [0.15, 0.2) is 0 Å². The molecule has 0 aromatic carbocycles. The van der Waals surface area contributed by atoms with Gasteiger partial charge in [-0.15, -0.1) is 0 Å². The van der Waals surface area contributed by atoms with Crippen molar-refractivity contribution in [2.45, 2.75) is 50.2 Å². The van der Waals surface area contributed by atoms with Gasteiger partial charge in [-0.1, -0.05) is 12.8 Å². The number of carbonyl (C=O) groups is 1. The Morgan fingerprint density at radius 1 is 1.20 bits per heavy atom. The first kappa shape index (κ1) is 14.5. The Kier molecular flexibility index (Phi) is 4.16. The van der Waals surface area contributed by atoms with E-state index < -0.39 is 0 Å². The zero-order chi connectivity index (χ0) is 14.2. The first-order valence-electron chi connectivity index (χ1n) is 8.16. The van der Waals surface area contributed by atoms with E-state index in [-0.39, 0.29) is 17.6 Å². The van der Waals surface area contributed by atoms with E-state index in [2.05, 4.69) is 23.9 Å². The number of ether oxygens (including phenoxy) is 1. The van der Waals surface area contributed by atoms with E-state index in [4.69, 9.17) is 4.74 Å². The van der Waals surface area contributed by atoms with Crippen LogP contribution in [-0.2, 0) is 9.53 Å². The maximum Gasteiger partial charge on any atom is 0.154 e. The van der Waals surface area contributed by atoms with Crippen molar-refractivity contribution in [1.82, 2.24) is 9.80 Å². The average Bonchev–Trinajstić information content (AvgIpc) is 2.88. The van der Waals surface area contributed by atoms with Gasteiger partial charge in [0.25, 0.3) is 0 Å². The Labute approximate surface area is 122 Å². The zero-order valence-electron chi connectivity index (χ0n) is 12.9. The minimum Gasteiger partial charge on any atom is -0.375 e.